The zero-order valence-corrected chi connectivity index (χ0v) is 16.3. The van der Waals surface area contributed by atoms with Gasteiger partial charge < -0.3 is 10.6 Å². The van der Waals surface area contributed by atoms with Crippen molar-refractivity contribution in [2.45, 2.75) is 5.75 Å². The first kappa shape index (κ1) is 19.2. The Balaban J connectivity index is 1.40. The van der Waals surface area contributed by atoms with E-state index in [1.54, 1.807) is 42.1 Å². The van der Waals surface area contributed by atoms with Gasteiger partial charge in [0.1, 0.15) is 0 Å². The lowest BCUT2D eigenvalue weighted by atomic mass is 10.2. The molecule has 1 aromatic heterocycles. The monoisotopic (exact) mass is 396 g/mol. The van der Waals surface area contributed by atoms with E-state index >= 15 is 0 Å². The number of carbonyl (C=O) groups excluding carboxylic acids is 2. The van der Waals surface area contributed by atoms with E-state index in [9.17, 15) is 9.59 Å². The number of benzene rings is 2. The first-order valence-electron chi connectivity index (χ1n) is 8.57. The molecule has 2 aromatic carbocycles. The van der Waals surface area contributed by atoms with Crippen LogP contribution in [0.5, 0.6) is 0 Å². The smallest absolute Gasteiger partial charge is 0.265 e. The molecule has 0 fully saturated rings. The Morgan fingerprint density at radius 1 is 0.889 bits per heavy atom. The van der Waals surface area contributed by atoms with Crippen LogP contribution in [0.1, 0.15) is 25.6 Å². The molecule has 2 N–H and O–H groups in total. The highest BCUT2D eigenvalue weighted by Gasteiger charge is 2.08. The molecular weight excluding hydrogens is 376 g/mol. The molecule has 2 amide bonds. The number of thioether (sulfide) groups is 1. The average molecular weight is 397 g/mol. The van der Waals surface area contributed by atoms with E-state index in [2.05, 4.69) is 22.8 Å². The number of carbonyl (C=O) groups is 2. The van der Waals surface area contributed by atoms with Crippen LogP contribution in [0, 0.1) is 0 Å². The molecule has 3 aromatic rings. The summed E-state index contributed by atoms with van der Waals surface area (Å²) in [7, 11) is 0. The fraction of sp³-hybridized carbons (Fsp3) is 0.143. The predicted octanol–water partition coefficient (Wildman–Crippen LogP) is 4.66. The van der Waals surface area contributed by atoms with Crippen molar-refractivity contribution in [2.24, 2.45) is 0 Å². The third-order valence-electron chi connectivity index (χ3n) is 3.79. The zero-order chi connectivity index (χ0) is 18.9. The van der Waals surface area contributed by atoms with Gasteiger partial charge in [-0.3, -0.25) is 9.59 Å². The average Bonchev–Trinajstić information content (AvgIpc) is 3.24. The molecule has 27 heavy (non-hydrogen) atoms. The lowest BCUT2D eigenvalue weighted by Gasteiger charge is -2.07. The van der Waals surface area contributed by atoms with Gasteiger partial charge in [0, 0.05) is 29.3 Å². The van der Waals surface area contributed by atoms with Gasteiger partial charge >= 0.3 is 0 Å². The summed E-state index contributed by atoms with van der Waals surface area (Å²) in [4.78, 5) is 24.9. The highest BCUT2D eigenvalue weighted by molar-refractivity contribution is 7.98. The summed E-state index contributed by atoms with van der Waals surface area (Å²) in [6.45, 7) is 0.618. The summed E-state index contributed by atoms with van der Waals surface area (Å²) < 4.78 is 0. The van der Waals surface area contributed by atoms with Crippen LogP contribution >= 0.6 is 23.1 Å². The maximum atomic E-state index is 12.2. The van der Waals surface area contributed by atoms with Crippen LogP contribution in [0.15, 0.2) is 72.1 Å². The zero-order valence-electron chi connectivity index (χ0n) is 14.7. The Bertz CT molecular complexity index is 863. The molecule has 0 spiro atoms. The van der Waals surface area contributed by atoms with E-state index in [0.29, 0.717) is 22.7 Å². The van der Waals surface area contributed by atoms with Crippen molar-refractivity contribution >= 4 is 40.6 Å². The summed E-state index contributed by atoms with van der Waals surface area (Å²) in [5, 5.41) is 7.61. The summed E-state index contributed by atoms with van der Waals surface area (Å²) in [5.74, 6) is 1.55. The van der Waals surface area contributed by atoms with E-state index in [0.717, 1.165) is 11.5 Å². The molecule has 0 saturated heterocycles. The molecule has 0 unspecified atom stereocenters. The standard InChI is InChI=1S/C21H20N2O2S2/c24-20(22-12-14-26-15-16-5-2-1-3-6-16)17-8-10-18(11-9-17)23-21(25)19-7-4-13-27-19/h1-11,13H,12,14-15H2,(H,22,24)(H,23,25). The first-order valence-corrected chi connectivity index (χ1v) is 10.6. The van der Waals surface area contributed by atoms with Gasteiger partial charge in [-0.1, -0.05) is 36.4 Å². The van der Waals surface area contributed by atoms with Gasteiger partial charge in [0.15, 0.2) is 0 Å². The number of rotatable bonds is 8. The van der Waals surface area contributed by atoms with Crippen molar-refractivity contribution in [3.63, 3.8) is 0 Å². The molecule has 0 bridgehead atoms. The van der Waals surface area contributed by atoms with E-state index in [-0.39, 0.29) is 11.8 Å². The maximum Gasteiger partial charge on any atom is 0.265 e. The minimum absolute atomic E-state index is 0.105. The van der Waals surface area contributed by atoms with E-state index in [1.165, 1.54) is 16.9 Å². The molecule has 0 radical (unpaired) electrons. The highest BCUT2D eigenvalue weighted by atomic mass is 32.2. The molecule has 3 rings (SSSR count). The second kappa shape index (κ2) is 9.94. The van der Waals surface area contributed by atoms with Gasteiger partial charge in [-0.2, -0.15) is 11.8 Å². The topological polar surface area (TPSA) is 58.2 Å². The molecule has 0 aliphatic rings. The van der Waals surface area contributed by atoms with Gasteiger partial charge in [0.05, 0.1) is 4.88 Å². The van der Waals surface area contributed by atoms with E-state index < -0.39 is 0 Å². The minimum Gasteiger partial charge on any atom is -0.351 e. The van der Waals surface area contributed by atoms with Gasteiger partial charge in [-0.15, -0.1) is 11.3 Å². The number of nitrogens with one attached hydrogen (secondary N) is 2. The molecule has 0 aliphatic carbocycles. The van der Waals surface area contributed by atoms with Crippen molar-refractivity contribution in [2.75, 3.05) is 17.6 Å². The van der Waals surface area contributed by atoms with Gasteiger partial charge in [-0.25, -0.2) is 0 Å². The summed E-state index contributed by atoms with van der Waals surface area (Å²) in [5.41, 5.74) is 2.54. The fourth-order valence-corrected chi connectivity index (χ4v) is 3.85. The number of amides is 2. The lowest BCUT2D eigenvalue weighted by molar-refractivity contribution is 0.0955. The Kier molecular flexibility index (Phi) is 7.07. The van der Waals surface area contributed by atoms with Crippen LogP contribution < -0.4 is 10.6 Å². The summed E-state index contributed by atoms with van der Waals surface area (Å²) >= 11 is 3.18. The number of hydrogen-bond donors (Lipinski definition) is 2. The van der Waals surface area contributed by atoms with Crippen molar-refractivity contribution in [3.05, 3.63) is 88.1 Å². The molecule has 0 aliphatic heterocycles. The van der Waals surface area contributed by atoms with Crippen LogP contribution in [-0.4, -0.2) is 24.1 Å². The molecule has 1 heterocycles. The molecule has 4 nitrogen and oxygen atoms in total. The Morgan fingerprint density at radius 2 is 1.67 bits per heavy atom. The molecule has 6 heteroatoms. The highest BCUT2D eigenvalue weighted by Crippen LogP contribution is 2.14. The Morgan fingerprint density at radius 3 is 2.37 bits per heavy atom. The van der Waals surface area contributed by atoms with Crippen LogP contribution in [0.4, 0.5) is 5.69 Å². The molecule has 0 atom stereocenters. The van der Waals surface area contributed by atoms with Gasteiger partial charge in [0.2, 0.25) is 0 Å². The number of thiophene rings is 1. The van der Waals surface area contributed by atoms with Gasteiger partial charge in [-0.05, 0) is 41.3 Å². The number of anilines is 1. The van der Waals surface area contributed by atoms with Crippen molar-refractivity contribution in [1.29, 1.82) is 0 Å². The maximum absolute atomic E-state index is 12.2. The quantitative estimate of drug-likeness (QED) is 0.544. The van der Waals surface area contributed by atoms with Crippen molar-refractivity contribution in [1.82, 2.24) is 5.32 Å². The van der Waals surface area contributed by atoms with Crippen molar-refractivity contribution in [3.8, 4) is 0 Å². The second-order valence-corrected chi connectivity index (χ2v) is 7.86. The lowest BCUT2D eigenvalue weighted by Crippen LogP contribution is -2.25. The largest absolute Gasteiger partial charge is 0.351 e. The SMILES string of the molecule is O=C(NCCSCc1ccccc1)c1ccc(NC(=O)c2cccs2)cc1. The van der Waals surface area contributed by atoms with Crippen LogP contribution in [0.3, 0.4) is 0 Å². The molecule has 138 valence electrons. The van der Waals surface area contributed by atoms with Crippen LogP contribution in [0.25, 0.3) is 0 Å². The third kappa shape index (κ3) is 5.98. The second-order valence-electron chi connectivity index (χ2n) is 5.80. The van der Waals surface area contributed by atoms with E-state index in [1.807, 2.05) is 29.6 Å². The van der Waals surface area contributed by atoms with Crippen LogP contribution in [0.2, 0.25) is 0 Å². The van der Waals surface area contributed by atoms with Crippen LogP contribution in [-0.2, 0) is 5.75 Å². The summed E-state index contributed by atoms with van der Waals surface area (Å²) in [6, 6.07) is 20.8. The van der Waals surface area contributed by atoms with Crippen molar-refractivity contribution < 1.29 is 9.59 Å². The Hall–Kier alpha value is -2.57. The third-order valence-corrected chi connectivity index (χ3v) is 5.69. The first-order chi connectivity index (χ1) is 13.2. The number of hydrogen-bond acceptors (Lipinski definition) is 4. The molecule has 0 saturated carbocycles. The predicted molar refractivity (Wildman–Crippen MR) is 114 cm³/mol. The van der Waals surface area contributed by atoms with E-state index in [4.69, 9.17) is 0 Å². The normalized spacial score (nSPS) is 10.4. The summed E-state index contributed by atoms with van der Waals surface area (Å²) in [6.07, 6.45) is 0. The fourth-order valence-electron chi connectivity index (χ4n) is 2.41. The minimum atomic E-state index is -0.141. The molecular formula is C21H20N2O2S2. The van der Waals surface area contributed by atoms with Gasteiger partial charge in [0.25, 0.3) is 11.8 Å². The Labute approximate surface area is 167 Å².